The van der Waals surface area contributed by atoms with Crippen molar-refractivity contribution >= 4 is 5.97 Å². The molecule has 20 heavy (non-hydrogen) atoms. The molecule has 0 amide bonds. The van der Waals surface area contributed by atoms with E-state index in [1.807, 2.05) is 6.07 Å². The first kappa shape index (κ1) is 13.7. The van der Waals surface area contributed by atoms with Crippen molar-refractivity contribution in [2.24, 2.45) is 11.8 Å². The van der Waals surface area contributed by atoms with E-state index in [2.05, 4.69) is 11.8 Å². The van der Waals surface area contributed by atoms with Crippen molar-refractivity contribution in [1.82, 2.24) is 4.90 Å². The van der Waals surface area contributed by atoms with Gasteiger partial charge in [0, 0.05) is 13.1 Å². The van der Waals surface area contributed by atoms with E-state index < -0.39 is 5.97 Å². The second kappa shape index (κ2) is 5.60. The van der Waals surface area contributed by atoms with E-state index in [9.17, 15) is 4.79 Å². The zero-order chi connectivity index (χ0) is 14.1. The number of hydrogen-bond acceptors (Lipinski definition) is 4. The van der Waals surface area contributed by atoms with Crippen LogP contribution < -0.4 is 0 Å². The molecule has 1 aromatic heterocycles. The van der Waals surface area contributed by atoms with Gasteiger partial charge in [-0.3, -0.25) is 4.90 Å². The molecule has 0 N–H and O–H groups in total. The summed E-state index contributed by atoms with van der Waals surface area (Å²) in [6.07, 6.45) is 5.44. The Morgan fingerprint density at radius 1 is 1.30 bits per heavy atom. The summed E-state index contributed by atoms with van der Waals surface area (Å²) in [6.45, 7) is 4.49. The van der Waals surface area contributed by atoms with Crippen LogP contribution in [0.5, 0.6) is 0 Å². The summed E-state index contributed by atoms with van der Waals surface area (Å²) in [4.78, 5) is 14.0. The fraction of sp³-hybridized carbons (Fsp3) is 0.688. The average molecular weight is 277 g/mol. The van der Waals surface area contributed by atoms with E-state index >= 15 is 0 Å². The number of hydrogen-bond donors (Lipinski definition) is 0. The molecule has 0 aromatic carbocycles. The van der Waals surface area contributed by atoms with Gasteiger partial charge in [-0.1, -0.05) is 0 Å². The summed E-state index contributed by atoms with van der Waals surface area (Å²) < 4.78 is 10.4. The molecule has 1 atom stereocenters. The Morgan fingerprint density at radius 2 is 1.90 bits per heavy atom. The van der Waals surface area contributed by atoms with Crippen molar-refractivity contribution in [3.8, 4) is 0 Å². The van der Waals surface area contributed by atoms with Crippen LogP contribution >= 0.6 is 0 Å². The Morgan fingerprint density at radius 3 is 2.40 bits per heavy atom. The van der Waals surface area contributed by atoms with Crippen molar-refractivity contribution in [2.75, 3.05) is 20.2 Å². The lowest BCUT2D eigenvalue weighted by molar-refractivity contribution is 0.0558. The minimum absolute atomic E-state index is 0.231. The molecule has 110 valence electrons. The van der Waals surface area contributed by atoms with Crippen LogP contribution in [0, 0.1) is 11.8 Å². The molecule has 4 heteroatoms. The lowest BCUT2D eigenvalue weighted by Crippen LogP contribution is -2.31. The van der Waals surface area contributed by atoms with Gasteiger partial charge in [0.25, 0.3) is 0 Å². The monoisotopic (exact) mass is 277 g/mol. The molecule has 3 rings (SSSR count). The second-order valence-corrected chi connectivity index (χ2v) is 6.21. The van der Waals surface area contributed by atoms with Crippen molar-refractivity contribution in [3.63, 3.8) is 0 Å². The van der Waals surface area contributed by atoms with Gasteiger partial charge in [0.2, 0.25) is 5.76 Å². The minimum Gasteiger partial charge on any atom is -0.463 e. The van der Waals surface area contributed by atoms with Crippen LogP contribution in [0.2, 0.25) is 0 Å². The molecule has 1 unspecified atom stereocenters. The lowest BCUT2D eigenvalue weighted by atomic mass is 10.2. The summed E-state index contributed by atoms with van der Waals surface area (Å²) in [7, 11) is 1.38. The van der Waals surface area contributed by atoms with Crippen LogP contribution in [-0.4, -0.2) is 31.1 Å². The maximum Gasteiger partial charge on any atom is 0.373 e. The predicted octanol–water partition coefficient (Wildman–Crippen LogP) is 3.25. The zero-order valence-electron chi connectivity index (χ0n) is 12.3. The third-order valence-corrected chi connectivity index (χ3v) is 4.35. The third kappa shape index (κ3) is 3.23. The van der Waals surface area contributed by atoms with Gasteiger partial charge in [-0.05, 0) is 56.6 Å². The van der Waals surface area contributed by atoms with Crippen LogP contribution in [0.3, 0.4) is 0 Å². The molecular weight excluding hydrogens is 254 g/mol. The van der Waals surface area contributed by atoms with E-state index in [0.717, 1.165) is 30.7 Å². The van der Waals surface area contributed by atoms with Crippen LogP contribution in [-0.2, 0) is 4.74 Å². The molecule has 2 saturated carbocycles. The maximum atomic E-state index is 11.5. The highest BCUT2D eigenvalue weighted by molar-refractivity contribution is 5.86. The Bertz CT molecular complexity index is 460. The molecule has 2 aliphatic carbocycles. The quantitative estimate of drug-likeness (QED) is 0.718. The topological polar surface area (TPSA) is 42.7 Å². The van der Waals surface area contributed by atoms with E-state index in [1.165, 1.54) is 32.8 Å². The van der Waals surface area contributed by atoms with E-state index in [4.69, 9.17) is 9.15 Å². The number of rotatable bonds is 7. The number of carbonyl (C=O) groups is 1. The second-order valence-electron chi connectivity index (χ2n) is 6.21. The summed E-state index contributed by atoms with van der Waals surface area (Å²) in [6, 6.07) is 3.85. The van der Waals surface area contributed by atoms with Crippen LogP contribution in [0.15, 0.2) is 16.5 Å². The summed E-state index contributed by atoms with van der Waals surface area (Å²) in [5.74, 6) is 2.50. The summed E-state index contributed by atoms with van der Waals surface area (Å²) in [5.41, 5.74) is 0. The molecule has 0 radical (unpaired) electrons. The average Bonchev–Trinajstić information content (AvgIpc) is 3.38. The largest absolute Gasteiger partial charge is 0.463 e. The normalized spacial score (nSPS) is 20.1. The highest BCUT2D eigenvalue weighted by Gasteiger charge is 2.32. The predicted molar refractivity (Wildman–Crippen MR) is 75.5 cm³/mol. The van der Waals surface area contributed by atoms with Crippen molar-refractivity contribution in [1.29, 1.82) is 0 Å². The number of ether oxygens (including phenoxy) is 1. The van der Waals surface area contributed by atoms with Crippen molar-refractivity contribution in [3.05, 3.63) is 23.7 Å². The Balaban J connectivity index is 1.68. The zero-order valence-corrected chi connectivity index (χ0v) is 12.3. The van der Waals surface area contributed by atoms with Crippen LogP contribution in [0.1, 0.15) is 55.0 Å². The highest BCUT2D eigenvalue weighted by Crippen LogP contribution is 2.37. The Labute approximate surface area is 120 Å². The van der Waals surface area contributed by atoms with E-state index in [0.29, 0.717) is 5.76 Å². The molecule has 4 nitrogen and oxygen atoms in total. The smallest absolute Gasteiger partial charge is 0.373 e. The van der Waals surface area contributed by atoms with Crippen LogP contribution in [0.25, 0.3) is 0 Å². The fourth-order valence-electron chi connectivity index (χ4n) is 2.62. The maximum absolute atomic E-state index is 11.5. The highest BCUT2D eigenvalue weighted by atomic mass is 16.5. The van der Waals surface area contributed by atoms with Gasteiger partial charge in [0.1, 0.15) is 5.76 Å². The standard InChI is InChI=1S/C16H23NO3/c1-11(14-7-8-15(20-14)16(18)19-2)17(9-12-3-4-12)10-13-5-6-13/h7-8,11-13H,3-6,9-10H2,1-2H3. The van der Waals surface area contributed by atoms with Gasteiger partial charge < -0.3 is 9.15 Å². The molecule has 0 saturated heterocycles. The van der Waals surface area contributed by atoms with Gasteiger partial charge in [-0.15, -0.1) is 0 Å². The fourth-order valence-corrected chi connectivity index (χ4v) is 2.62. The number of carbonyl (C=O) groups excluding carboxylic acids is 1. The molecule has 2 aliphatic rings. The lowest BCUT2D eigenvalue weighted by Gasteiger charge is -2.27. The van der Waals surface area contributed by atoms with E-state index in [1.54, 1.807) is 6.07 Å². The van der Waals surface area contributed by atoms with Gasteiger partial charge in [-0.2, -0.15) is 0 Å². The van der Waals surface area contributed by atoms with Gasteiger partial charge in [0.05, 0.1) is 13.2 Å². The molecular formula is C16H23NO3. The molecule has 0 spiro atoms. The van der Waals surface area contributed by atoms with E-state index in [-0.39, 0.29) is 6.04 Å². The molecule has 1 aromatic rings. The molecule has 1 heterocycles. The van der Waals surface area contributed by atoms with Crippen molar-refractivity contribution in [2.45, 2.75) is 38.6 Å². The summed E-state index contributed by atoms with van der Waals surface area (Å²) in [5, 5.41) is 0. The first-order valence-corrected chi connectivity index (χ1v) is 7.59. The first-order valence-electron chi connectivity index (χ1n) is 7.59. The van der Waals surface area contributed by atoms with Gasteiger partial charge in [-0.25, -0.2) is 4.79 Å². The number of furan rings is 1. The van der Waals surface area contributed by atoms with Gasteiger partial charge >= 0.3 is 5.97 Å². The number of esters is 1. The number of methoxy groups -OCH3 is 1. The SMILES string of the molecule is COC(=O)c1ccc(C(C)N(CC2CC2)CC2CC2)o1. The third-order valence-electron chi connectivity index (χ3n) is 4.35. The minimum atomic E-state index is -0.403. The van der Waals surface area contributed by atoms with Crippen LogP contribution in [0.4, 0.5) is 0 Å². The first-order chi connectivity index (χ1) is 9.67. The Kier molecular flexibility index (Phi) is 3.83. The molecule has 0 aliphatic heterocycles. The summed E-state index contributed by atoms with van der Waals surface area (Å²) >= 11 is 0. The number of nitrogens with zero attached hydrogens (tertiary/aromatic N) is 1. The van der Waals surface area contributed by atoms with Gasteiger partial charge in [0.15, 0.2) is 0 Å². The Hall–Kier alpha value is -1.29. The van der Waals surface area contributed by atoms with Crippen molar-refractivity contribution < 1.29 is 13.9 Å². The molecule has 0 bridgehead atoms. The molecule has 2 fully saturated rings.